The Morgan fingerprint density at radius 2 is 1.74 bits per heavy atom. The topological polar surface area (TPSA) is 45.3 Å². The number of ether oxygens (including phenoxy) is 2. The van der Waals surface area contributed by atoms with Gasteiger partial charge in [-0.2, -0.15) is 0 Å². The molecule has 2 heterocycles. The predicted octanol–water partition coefficient (Wildman–Crippen LogP) is 3.62. The SMILES string of the molecule is C[C@]12CC[C@@H]3[C@@H](CC4OC45CC(O)CC[C@]35C)[C@@H]1CC1OC12Br. The fourth-order valence-corrected chi connectivity index (χ4v) is 8.85. The van der Waals surface area contributed by atoms with Crippen molar-refractivity contribution in [3.8, 4) is 0 Å². The van der Waals surface area contributed by atoms with Crippen LogP contribution in [0.1, 0.15) is 58.8 Å². The van der Waals surface area contributed by atoms with Gasteiger partial charge in [-0.3, -0.25) is 0 Å². The van der Waals surface area contributed by atoms with E-state index in [2.05, 4.69) is 29.8 Å². The van der Waals surface area contributed by atoms with E-state index in [-0.39, 0.29) is 21.6 Å². The quantitative estimate of drug-likeness (QED) is 0.513. The lowest BCUT2D eigenvalue weighted by atomic mass is 9.45. The highest BCUT2D eigenvalue weighted by atomic mass is 79.9. The van der Waals surface area contributed by atoms with Gasteiger partial charge >= 0.3 is 0 Å². The Kier molecular flexibility index (Phi) is 2.44. The maximum absolute atomic E-state index is 10.2. The number of hydrogen-bond donors (Lipinski definition) is 1. The van der Waals surface area contributed by atoms with Crippen molar-refractivity contribution in [1.29, 1.82) is 0 Å². The standard InChI is InChI=1S/C19H27BrO3/c1-16-5-3-10(21)9-18(16)14(22-18)7-11-12(16)4-6-17(2)13(11)8-15-19(17,20)23-15/h10-15,21H,3-9H2,1-2H3/t10?,11-,12-,13+,14?,15?,16-,17+,18?,19?/m1/s1. The molecule has 2 aliphatic heterocycles. The van der Waals surface area contributed by atoms with Crippen molar-refractivity contribution in [1.82, 2.24) is 0 Å². The van der Waals surface area contributed by atoms with Gasteiger partial charge in [0.05, 0.1) is 18.3 Å². The molecule has 4 aliphatic carbocycles. The minimum atomic E-state index is -0.142. The molecule has 2 saturated heterocycles. The molecule has 0 aromatic carbocycles. The van der Waals surface area contributed by atoms with Gasteiger partial charge in [-0.1, -0.05) is 29.8 Å². The van der Waals surface area contributed by atoms with Crippen molar-refractivity contribution in [2.45, 2.75) is 87.2 Å². The maximum atomic E-state index is 10.2. The average molecular weight is 383 g/mol. The second-order valence-corrected chi connectivity index (χ2v) is 11.0. The molecule has 1 spiro atoms. The number of epoxide rings is 2. The lowest BCUT2D eigenvalue weighted by Crippen LogP contribution is -2.59. The Labute approximate surface area is 146 Å². The number of aliphatic hydroxyl groups excluding tert-OH is 1. The van der Waals surface area contributed by atoms with Crippen molar-refractivity contribution in [3.63, 3.8) is 0 Å². The highest BCUT2D eigenvalue weighted by molar-refractivity contribution is 9.10. The minimum Gasteiger partial charge on any atom is -0.393 e. The van der Waals surface area contributed by atoms with E-state index in [1.54, 1.807) is 0 Å². The summed E-state index contributed by atoms with van der Waals surface area (Å²) in [5.74, 6) is 2.35. The van der Waals surface area contributed by atoms with Crippen LogP contribution in [0.4, 0.5) is 0 Å². The molecule has 0 amide bonds. The minimum absolute atomic E-state index is 0.0156. The van der Waals surface area contributed by atoms with E-state index in [4.69, 9.17) is 9.47 Å². The second kappa shape index (κ2) is 3.87. The highest BCUT2D eigenvalue weighted by Crippen LogP contribution is 2.78. The summed E-state index contributed by atoms with van der Waals surface area (Å²) in [6.07, 6.45) is 8.77. The molecule has 5 unspecified atom stereocenters. The Bertz CT molecular complexity index is 597. The van der Waals surface area contributed by atoms with Crippen molar-refractivity contribution >= 4 is 15.9 Å². The smallest absolute Gasteiger partial charge is 0.154 e. The third kappa shape index (κ3) is 1.40. The molecule has 4 saturated carbocycles. The van der Waals surface area contributed by atoms with Crippen molar-refractivity contribution in [3.05, 3.63) is 0 Å². The lowest BCUT2D eigenvalue weighted by Gasteiger charge is -2.59. The third-order valence-electron chi connectivity index (χ3n) is 9.37. The van der Waals surface area contributed by atoms with Gasteiger partial charge in [0.15, 0.2) is 4.51 Å². The Hall–Kier alpha value is 0.360. The van der Waals surface area contributed by atoms with Gasteiger partial charge in [-0.05, 0) is 56.3 Å². The zero-order chi connectivity index (χ0) is 15.8. The van der Waals surface area contributed by atoms with Crippen molar-refractivity contribution in [2.75, 3.05) is 0 Å². The maximum Gasteiger partial charge on any atom is 0.154 e. The summed E-state index contributed by atoms with van der Waals surface area (Å²) in [6, 6.07) is 0. The van der Waals surface area contributed by atoms with Crippen LogP contribution in [0.5, 0.6) is 0 Å². The van der Waals surface area contributed by atoms with E-state index in [0.29, 0.717) is 17.6 Å². The molecule has 6 rings (SSSR count). The fraction of sp³-hybridized carbons (Fsp3) is 1.00. The van der Waals surface area contributed by atoms with Crippen LogP contribution < -0.4 is 0 Å². The summed E-state index contributed by atoms with van der Waals surface area (Å²) in [7, 11) is 0. The lowest BCUT2D eigenvalue weighted by molar-refractivity contribution is -0.120. The molecule has 6 aliphatic rings. The zero-order valence-electron chi connectivity index (χ0n) is 14.1. The first-order chi connectivity index (χ1) is 10.8. The molecule has 23 heavy (non-hydrogen) atoms. The molecule has 0 aromatic heterocycles. The van der Waals surface area contributed by atoms with Crippen LogP contribution in [0, 0.1) is 28.6 Å². The van der Waals surface area contributed by atoms with E-state index < -0.39 is 0 Å². The third-order valence-corrected chi connectivity index (χ3v) is 11.0. The van der Waals surface area contributed by atoms with Crippen LogP contribution in [-0.2, 0) is 9.47 Å². The van der Waals surface area contributed by atoms with E-state index in [1.165, 1.54) is 25.7 Å². The van der Waals surface area contributed by atoms with Crippen molar-refractivity contribution < 1.29 is 14.6 Å². The van der Waals surface area contributed by atoms with E-state index >= 15 is 0 Å². The largest absolute Gasteiger partial charge is 0.393 e. The molecule has 128 valence electrons. The van der Waals surface area contributed by atoms with Gasteiger partial charge in [0, 0.05) is 17.3 Å². The van der Waals surface area contributed by atoms with Crippen LogP contribution in [0.3, 0.4) is 0 Å². The summed E-state index contributed by atoms with van der Waals surface area (Å²) in [5, 5.41) is 10.2. The molecule has 0 aromatic rings. The predicted molar refractivity (Wildman–Crippen MR) is 89.1 cm³/mol. The monoisotopic (exact) mass is 382 g/mol. The van der Waals surface area contributed by atoms with E-state index in [1.807, 2.05) is 0 Å². The molecule has 10 atom stereocenters. The average Bonchev–Trinajstić information content (AvgIpc) is 3.35. The Balaban J connectivity index is 1.39. The van der Waals surface area contributed by atoms with Gasteiger partial charge in [0.25, 0.3) is 0 Å². The van der Waals surface area contributed by atoms with E-state index in [0.717, 1.165) is 37.0 Å². The fourth-order valence-electron chi connectivity index (χ4n) is 7.94. The number of halogens is 1. The number of aliphatic hydroxyl groups is 1. The van der Waals surface area contributed by atoms with Gasteiger partial charge in [0.1, 0.15) is 5.60 Å². The summed E-state index contributed by atoms with van der Waals surface area (Å²) in [4.78, 5) is 0. The number of hydrogen-bond acceptors (Lipinski definition) is 3. The van der Waals surface area contributed by atoms with Crippen LogP contribution >= 0.6 is 15.9 Å². The van der Waals surface area contributed by atoms with Gasteiger partial charge < -0.3 is 14.6 Å². The molecule has 0 radical (unpaired) electrons. The highest BCUT2D eigenvalue weighted by Gasteiger charge is 2.80. The molecular formula is C19H27BrO3. The first-order valence-electron chi connectivity index (χ1n) is 9.57. The summed E-state index contributed by atoms with van der Waals surface area (Å²) in [6.45, 7) is 4.96. The van der Waals surface area contributed by atoms with Gasteiger partial charge in [-0.25, -0.2) is 0 Å². The van der Waals surface area contributed by atoms with Gasteiger partial charge in [-0.15, -0.1) is 0 Å². The van der Waals surface area contributed by atoms with E-state index in [9.17, 15) is 5.11 Å². The van der Waals surface area contributed by atoms with Crippen LogP contribution in [0.2, 0.25) is 0 Å². The summed E-state index contributed by atoms with van der Waals surface area (Å²) in [5.41, 5.74) is 0.607. The molecule has 0 bridgehead atoms. The van der Waals surface area contributed by atoms with Crippen LogP contribution in [0.25, 0.3) is 0 Å². The Morgan fingerprint density at radius 3 is 2.57 bits per heavy atom. The molecule has 6 fully saturated rings. The summed E-state index contributed by atoms with van der Waals surface area (Å²) < 4.78 is 12.4. The number of alkyl halides is 1. The normalized spacial score (nSPS) is 71.5. The molecule has 4 heteroatoms. The molecule has 1 N–H and O–H groups in total. The van der Waals surface area contributed by atoms with Crippen LogP contribution in [-0.4, -0.2) is 33.5 Å². The first kappa shape index (κ1) is 14.5. The number of fused-ring (bicyclic) bond motifs is 6. The molecular weight excluding hydrogens is 356 g/mol. The molecule has 3 nitrogen and oxygen atoms in total. The van der Waals surface area contributed by atoms with Crippen LogP contribution in [0.15, 0.2) is 0 Å². The second-order valence-electron chi connectivity index (χ2n) is 9.87. The number of rotatable bonds is 0. The first-order valence-corrected chi connectivity index (χ1v) is 10.4. The zero-order valence-corrected chi connectivity index (χ0v) is 15.6. The summed E-state index contributed by atoms with van der Waals surface area (Å²) >= 11 is 3.96. The van der Waals surface area contributed by atoms with Crippen molar-refractivity contribution in [2.24, 2.45) is 28.6 Å². The van der Waals surface area contributed by atoms with Gasteiger partial charge in [0.2, 0.25) is 0 Å². The Morgan fingerprint density at radius 1 is 0.957 bits per heavy atom.